The van der Waals surface area contributed by atoms with Crippen molar-refractivity contribution in [1.29, 1.82) is 0 Å². The molecule has 0 saturated heterocycles. The van der Waals surface area contributed by atoms with Crippen LogP contribution in [0.4, 0.5) is 0 Å². The lowest BCUT2D eigenvalue weighted by molar-refractivity contribution is -0.142. The van der Waals surface area contributed by atoms with Crippen molar-refractivity contribution >= 4 is 23.5 Å². The fourth-order valence-electron chi connectivity index (χ4n) is 3.31. The number of aliphatic carboxylic acids is 1. The highest BCUT2D eigenvalue weighted by atomic mass is 16.5. The highest BCUT2D eigenvalue weighted by Crippen LogP contribution is 2.18. The molecule has 0 amide bonds. The first kappa shape index (κ1) is 24.9. The summed E-state index contributed by atoms with van der Waals surface area (Å²) in [4.78, 5) is 48.5. The molecule has 3 unspecified atom stereocenters. The molecule has 0 aromatic heterocycles. The number of benzene rings is 2. The molecule has 2 aromatic carbocycles. The predicted molar refractivity (Wildman–Crippen MR) is 117 cm³/mol. The van der Waals surface area contributed by atoms with E-state index in [0.717, 1.165) is 0 Å². The maximum Gasteiger partial charge on any atom is 0.322 e. The lowest BCUT2D eigenvalue weighted by Gasteiger charge is -2.16. The minimum atomic E-state index is -1.18. The number of carbonyl (C=O) groups is 4. The molecule has 32 heavy (non-hydrogen) atoms. The fraction of sp³-hybridized carbons (Fsp3) is 0.304. The van der Waals surface area contributed by atoms with Gasteiger partial charge in [0.05, 0.1) is 13.2 Å². The first-order valence-electron chi connectivity index (χ1n) is 9.96. The number of ketones is 2. The summed E-state index contributed by atoms with van der Waals surface area (Å²) in [5.41, 5.74) is 19.0. The summed E-state index contributed by atoms with van der Waals surface area (Å²) in [6, 6.07) is 9.80. The van der Waals surface area contributed by atoms with E-state index in [1.165, 1.54) is 7.11 Å². The number of carboxylic acids is 1. The van der Waals surface area contributed by atoms with Crippen LogP contribution in [0.2, 0.25) is 0 Å². The van der Waals surface area contributed by atoms with Crippen LogP contribution in [-0.2, 0) is 27.2 Å². The summed E-state index contributed by atoms with van der Waals surface area (Å²) in [5, 5.41) is 9.04. The van der Waals surface area contributed by atoms with Crippen molar-refractivity contribution in [2.75, 3.05) is 7.11 Å². The van der Waals surface area contributed by atoms with Crippen LogP contribution in [0, 0.1) is 0 Å². The zero-order chi connectivity index (χ0) is 23.8. The van der Waals surface area contributed by atoms with Gasteiger partial charge in [0.15, 0.2) is 11.6 Å². The molecular weight excluding hydrogens is 414 g/mol. The Morgan fingerprint density at radius 1 is 0.812 bits per heavy atom. The second-order valence-corrected chi connectivity index (χ2v) is 7.39. The molecule has 0 heterocycles. The van der Waals surface area contributed by atoms with Crippen molar-refractivity contribution in [3.8, 4) is 0 Å². The third kappa shape index (κ3) is 6.30. The van der Waals surface area contributed by atoms with Gasteiger partial charge in [0.2, 0.25) is 0 Å². The smallest absolute Gasteiger partial charge is 0.322 e. The summed E-state index contributed by atoms with van der Waals surface area (Å²) in [7, 11) is 1.22. The molecule has 0 fully saturated rings. The van der Waals surface area contributed by atoms with Crippen LogP contribution in [0.15, 0.2) is 48.5 Å². The Kier molecular flexibility index (Phi) is 8.77. The van der Waals surface area contributed by atoms with E-state index in [1.54, 1.807) is 48.5 Å². The van der Waals surface area contributed by atoms with Crippen molar-refractivity contribution < 1.29 is 29.0 Å². The second-order valence-electron chi connectivity index (χ2n) is 7.39. The van der Waals surface area contributed by atoms with Gasteiger partial charge in [-0.2, -0.15) is 0 Å². The number of nitrogens with two attached hydrogens (primary N) is 3. The maximum atomic E-state index is 13.0. The molecule has 9 heteroatoms. The topological polar surface area (TPSA) is 176 Å². The molecule has 3 atom stereocenters. The molecule has 0 aliphatic rings. The highest BCUT2D eigenvalue weighted by molar-refractivity contribution is 6.06. The Hall–Kier alpha value is -3.40. The first-order chi connectivity index (χ1) is 15.1. The standard InChI is InChI=1S/C23H27N3O6/c1-32-23(31)19(26)11-14-7-3-5-9-16(14)21(28)17(24)12-20(27)15-8-4-2-6-13(15)10-18(25)22(29)30/h2-9,17-19H,10-12,24-26H2,1H3,(H,29,30). The lowest BCUT2D eigenvalue weighted by Crippen LogP contribution is -2.36. The van der Waals surface area contributed by atoms with Gasteiger partial charge in [0.25, 0.3) is 0 Å². The van der Waals surface area contributed by atoms with E-state index in [2.05, 4.69) is 4.74 Å². The molecule has 0 saturated carbocycles. The van der Waals surface area contributed by atoms with Crippen LogP contribution in [0.3, 0.4) is 0 Å². The summed E-state index contributed by atoms with van der Waals surface area (Å²) in [5.74, 6) is -2.66. The third-order valence-corrected chi connectivity index (χ3v) is 5.04. The zero-order valence-electron chi connectivity index (χ0n) is 17.7. The largest absolute Gasteiger partial charge is 0.480 e. The number of ether oxygens (including phenoxy) is 1. The van der Waals surface area contributed by atoms with Crippen LogP contribution in [0.1, 0.15) is 38.3 Å². The molecule has 0 bridgehead atoms. The van der Waals surface area contributed by atoms with Gasteiger partial charge in [0.1, 0.15) is 12.1 Å². The van der Waals surface area contributed by atoms with Crippen molar-refractivity contribution in [3.63, 3.8) is 0 Å². The van der Waals surface area contributed by atoms with Gasteiger partial charge in [-0.15, -0.1) is 0 Å². The Balaban J connectivity index is 2.18. The number of carboxylic acid groups (broad SMARTS) is 1. The molecular formula is C23H27N3O6. The third-order valence-electron chi connectivity index (χ3n) is 5.04. The van der Waals surface area contributed by atoms with Gasteiger partial charge in [-0.05, 0) is 24.0 Å². The minimum Gasteiger partial charge on any atom is -0.480 e. The Morgan fingerprint density at radius 2 is 1.31 bits per heavy atom. The zero-order valence-corrected chi connectivity index (χ0v) is 17.7. The molecule has 0 aliphatic heterocycles. The van der Waals surface area contributed by atoms with E-state index in [1.807, 2.05) is 0 Å². The lowest BCUT2D eigenvalue weighted by atomic mass is 9.90. The molecule has 2 rings (SSSR count). The quantitative estimate of drug-likeness (QED) is 0.285. The Morgan fingerprint density at radius 3 is 1.88 bits per heavy atom. The van der Waals surface area contributed by atoms with Crippen LogP contribution in [0.25, 0.3) is 0 Å². The van der Waals surface area contributed by atoms with Crippen molar-refractivity contribution in [3.05, 3.63) is 70.8 Å². The molecule has 0 aliphatic carbocycles. The van der Waals surface area contributed by atoms with Gasteiger partial charge in [0, 0.05) is 17.5 Å². The van der Waals surface area contributed by atoms with Gasteiger partial charge >= 0.3 is 11.9 Å². The van der Waals surface area contributed by atoms with Crippen molar-refractivity contribution in [2.24, 2.45) is 17.2 Å². The first-order valence-corrected chi connectivity index (χ1v) is 9.96. The average Bonchev–Trinajstić information content (AvgIpc) is 2.78. The second kappa shape index (κ2) is 11.3. The van der Waals surface area contributed by atoms with Gasteiger partial charge in [-0.1, -0.05) is 48.5 Å². The van der Waals surface area contributed by atoms with Crippen LogP contribution in [-0.4, -0.2) is 53.8 Å². The van der Waals surface area contributed by atoms with E-state index in [0.29, 0.717) is 11.1 Å². The van der Waals surface area contributed by atoms with E-state index < -0.39 is 41.6 Å². The van der Waals surface area contributed by atoms with Gasteiger partial charge < -0.3 is 27.0 Å². The average molecular weight is 441 g/mol. The highest BCUT2D eigenvalue weighted by Gasteiger charge is 2.25. The molecule has 0 radical (unpaired) electrons. The number of Topliss-reactive ketones (excluding diaryl/α,β-unsaturated/α-hetero) is 2. The van der Waals surface area contributed by atoms with Crippen LogP contribution >= 0.6 is 0 Å². The normalized spacial score (nSPS) is 13.6. The predicted octanol–water partition coefficient (Wildman–Crippen LogP) is 0.467. The maximum absolute atomic E-state index is 13.0. The van der Waals surface area contributed by atoms with Crippen LogP contribution < -0.4 is 17.2 Å². The van der Waals surface area contributed by atoms with E-state index in [9.17, 15) is 19.2 Å². The Labute approximate surface area is 185 Å². The molecule has 7 N–H and O–H groups in total. The summed E-state index contributed by atoms with van der Waals surface area (Å²) in [6.07, 6.45) is -0.241. The van der Waals surface area contributed by atoms with Crippen molar-refractivity contribution in [2.45, 2.75) is 37.4 Å². The van der Waals surface area contributed by atoms with Gasteiger partial charge in [-0.3, -0.25) is 19.2 Å². The minimum absolute atomic E-state index is 0.0331. The summed E-state index contributed by atoms with van der Waals surface area (Å²) >= 11 is 0. The Bertz CT molecular complexity index is 1010. The fourth-order valence-corrected chi connectivity index (χ4v) is 3.31. The van der Waals surface area contributed by atoms with E-state index in [-0.39, 0.29) is 30.4 Å². The van der Waals surface area contributed by atoms with Gasteiger partial charge in [-0.25, -0.2) is 0 Å². The molecule has 2 aromatic rings. The van der Waals surface area contributed by atoms with E-state index in [4.69, 9.17) is 22.3 Å². The monoisotopic (exact) mass is 441 g/mol. The number of methoxy groups -OCH3 is 1. The SMILES string of the molecule is COC(=O)C(N)Cc1ccccc1C(=O)C(N)CC(=O)c1ccccc1CC(N)C(=O)O. The number of esters is 1. The number of carbonyl (C=O) groups excluding carboxylic acids is 3. The number of hydrogen-bond donors (Lipinski definition) is 4. The molecule has 0 spiro atoms. The summed E-state index contributed by atoms with van der Waals surface area (Å²) in [6.45, 7) is 0. The van der Waals surface area contributed by atoms with Crippen molar-refractivity contribution in [1.82, 2.24) is 0 Å². The number of hydrogen-bond acceptors (Lipinski definition) is 8. The number of rotatable bonds is 11. The van der Waals surface area contributed by atoms with E-state index >= 15 is 0 Å². The molecule has 170 valence electrons. The molecule has 9 nitrogen and oxygen atoms in total. The summed E-state index contributed by atoms with van der Waals surface area (Å²) < 4.78 is 4.62. The van der Waals surface area contributed by atoms with Crippen LogP contribution in [0.5, 0.6) is 0 Å².